The molecule has 8 N–H and O–H groups in total. The van der Waals surface area contributed by atoms with Crippen molar-refractivity contribution < 1.29 is 38.7 Å². The van der Waals surface area contributed by atoms with Gasteiger partial charge >= 0.3 is 11.9 Å². The largest absolute Gasteiger partial charge is 0.481 e. The summed E-state index contributed by atoms with van der Waals surface area (Å²) in [5.41, 5.74) is 0. The Kier molecular flexibility index (Phi) is 24.9. The third-order valence-corrected chi connectivity index (χ3v) is 2.49. The van der Waals surface area contributed by atoms with Crippen LogP contribution < -0.4 is 12.3 Å². The lowest BCUT2D eigenvalue weighted by Crippen LogP contribution is -2.14. The summed E-state index contributed by atoms with van der Waals surface area (Å²) in [7, 11) is 0. The average Bonchev–Trinajstić information content (AvgIpc) is 2.49. The molecule has 0 bridgehead atoms. The molecular formula is C14H32N2O8. The van der Waals surface area contributed by atoms with Crippen LogP contribution in [-0.2, 0) is 28.5 Å². The van der Waals surface area contributed by atoms with Crippen LogP contribution in [0.15, 0.2) is 0 Å². The van der Waals surface area contributed by atoms with Crippen LogP contribution in [0.25, 0.3) is 0 Å². The molecule has 0 radical (unpaired) electrons. The summed E-state index contributed by atoms with van der Waals surface area (Å²) in [6, 6.07) is 0. The number of ether oxygens (including phenoxy) is 4. The zero-order chi connectivity index (χ0) is 16.5. The van der Waals surface area contributed by atoms with E-state index in [9.17, 15) is 9.59 Å². The summed E-state index contributed by atoms with van der Waals surface area (Å²) in [4.78, 5) is 21.5. The van der Waals surface area contributed by atoms with Crippen LogP contribution in [-0.4, -0.2) is 75.0 Å². The lowest BCUT2D eigenvalue weighted by Gasteiger charge is -2.07. The fraction of sp³-hybridized carbons (Fsp3) is 0.857. The van der Waals surface area contributed by atoms with Gasteiger partial charge in [-0.2, -0.15) is 0 Å². The average molecular weight is 356 g/mol. The summed E-state index contributed by atoms with van der Waals surface area (Å²) in [5.74, 6) is -1.20. The quantitative estimate of drug-likeness (QED) is 0.225. The number of rotatable bonds is 16. The Labute approximate surface area is 142 Å². The Morgan fingerprint density at radius 3 is 1.67 bits per heavy atom. The number of esters is 1. The van der Waals surface area contributed by atoms with E-state index < -0.39 is 5.97 Å². The van der Waals surface area contributed by atoms with Gasteiger partial charge in [-0.15, -0.1) is 0 Å². The van der Waals surface area contributed by atoms with Crippen molar-refractivity contribution in [3.05, 3.63) is 0 Å². The van der Waals surface area contributed by atoms with Crippen molar-refractivity contribution in [3.63, 3.8) is 0 Å². The first-order valence-corrected chi connectivity index (χ1v) is 7.38. The van der Waals surface area contributed by atoms with Gasteiger partial charge in [0.1, 0.15) is 6.61 Å². The van der Waals surface area contributed by atoms with Crippen molar-refractivity contribution >= 4 is 11.9 Å². The number of carbonyl (C=O) groups excluding carboxylic acids is 1. The molecule has 0 rings (SSSR count). The molecule has 0 aromatic carbocycles. The van der Waals surface area contributed by atoms with Crippen LogP contribution in [0.3, 0.4) is 0 Å². The van der Waals surface area contributed by atoms with Gasteiger partial charge in [-0.1, -0.05) is 0 Å². The lowest BCUT2D eigenvalue weighted by molar-refractivity contribution is -0.146. The molecule has 10 nitrogen and oxygen atoms in total. The van der Waals surface area contributed by atoms with Crippen LogP contribution in [0.1, 0.15) is 25.7 Å². The van der Waals surface area contributed by atoms with Crippen molar-refractivity contribution in [1.82, 2.24) is 12.3 Å². The molecule has 0 fully saturated rings. The van der Waals surface area contributed by atoms with E-state index in [1.54, 1.807) is 0 Å². The number of carboxylic acids is 1. The Morgan fingerprint density at radius 1 is 0.708 bits per heavy atom. The van der Waals surface area contributed by atoms with Gasteiger partial charge in [-0.25, -0.2) is 0 Å². The third-order valence-electron chi connectivity index (χ3n) is 2.49. The highest BCUT2D eigenvalue weighted by molar-refractivity contribution is 5.69. The summed E-state index contributed by atoms with van der Waals surface area (Å²) in [5, 5.41) is 16.9. The van der Waals surface area contributed by atoms with Gasteiger partial charge in [0.05, 0.1) is 46.2 Å². The van der Waals surface area contributed by atoms with Crippen molar-refractivity contribution in [2.75, 3.05) is 52.9 Å². The SMILES string of the molecule is N.N.O=C(O)CCCCC(=O)OCCOCCOCCOCCO. The molecule has 0 aromatic rings. The first-order chi connectivity index (χ1) is 10.7. The zero-order valence-electron chi connectivity index (χ0n) is 14.2. The Bertz CT molecular complexity index is 292. The first kappa shape index (κ1) is 27.5. The first-order valence-electron chi connectivity index (χ1n) is 7.38. The fourth-order valence-electron chi connectivity index (χ4n) is 1.44. The molecule has 146 valence electrons. The van der Waals surface area contributed by atoms with Gasteiger partial charge in [0.15, 0.2) is 0 Å². The molecular weight excluding hydrogens is 324 g/mol. The standard InChI is InChI=1S/C14H26O8.2H3N/c15-5-6-19-7-8-20-9-10-21-11-12-22-14(18)4-2-1-3-13(16)17;;/h15H,1-12H2,(H,16,17);2*1H3. The maximum Gasteiger partial charge on any atom is 0.305 e. The van der Waals surface area contributed by atoms with Crippen LogP contribution in [0.2, 0.25) is 0 Å². The number of aliphatic hydroxyl groups is 1. The number of hydrogen-bond acceptors (Lipinski definition) is 9. The molecule has 0 unspecified atom stereocenters. The molecule has 0 heterocycles. The van der Waals surface area contributed by atoms with Gasteiger partial charge in [-0.05, 0) is 12.8 Å². The van der Waals surface area contributed by atoms with Gasteiger partial charge < -0.3 is 41.5 Å². The molecule has 0 spiro atoms. The second kappa shape index (κ2) is 21.7. The summed E-state index contributed by atoms with van der Waals surface area (Å²) < 4.78 is 20.3. The van der Waals surface area contributed by atoms with E-state index in [0.29, 0.717) is 52.5 Å². The molecule has 24 heavy (non-hydrogen) atoms. The van der Waals surface area contributed by atoms with Crippen LogP contribution in [0, 0.1) is 0 Å². The number of hydrogen-bond donors (Lipinski definition) is 4. The van der Waals surface area contributed by atoms with E-state index in [1.165, 1.54) is 0 Å². The zero-order valence-corrected chi connectivity index (χ0v) is 14.2. The molecule has 0 aliphatic carbocycles. The van der Waals surface area contributed by atoms with E-state index in [2.05, 4.69) is 0 Å². The van der Waals surface area contributed by atoms with Crippen LogP contribution in [0.5, 0.6) is 0 Å². The highest BCUT2D eigenvalue weighted by atomic mass is 16.6. The second-order valence-electron chi connectivity index (χ2n) is 4.38. The van der Waals surface area contributed by atoms with E-state index in [1.807, 2.05) is 0 Å². The maximum atomic E-state index is 11.3. The Morgan fingerprint density at radius 2 is 1.17 bits per heavy atom. The molecule has 0 saturated carbocycles. The van der Waals surface area contributed by atoms with Gasteiger partial charge in [-0.3, -0.25) is 9.59 Å². The summed E-state index contributed by atoms with van der Waals surface area (Å²) in [6.07, 6.45) is 1.28. The van der Waals surface area contributed by atoms with Gasteiger partial charge in [0.25, 0.3) is 0 Å². The minimum atomic E-state index is -0.857. The smallest absolute Gasteiger partial charge is 0.305 e. The normalized spacial score (nSPS) is 9.71. The number of aliphatic hydroxyl groups excluding tert-OH is 1. The Hall–Kier alpha value is -1.30. The molecule has 10 heteroatoms. The van der Waals surface area contributed by atoms with E-state index >= 15 is 0 Å². The fourth-order valence-corrected chi connectivity index (χ4v) is 1.44. The van der Waals surface area contributed by atoms with Crippen molar-refractivity contribution in [2.45, 2.75) is 25.7 Å². The monoisotopic (exact) mass is 356 g/mol. The molecule has 0 aliphatic heterocycles. The van der Waals surface area contributed by atoms with Crippen molar-refractivity contribution in [1.29, 1.82) is 0 Å². The van der Waals surface area contributed by atoms with Crippen LogP contribution in [0.4, 0.5) is 0 Å². The topological polar surface area (TPSA) is 182 Å². The summed E-state index contributed by atoms with van der Waals surface area (Å²) in [6.45, 7) is 2.47. The molecule has 0 saturated heterocycles. The number of carbonyl (C=O) groups is 2. The van der Waals surface area contributed by atoms with Crippen molar-refractivity contribution in [3.8, 4) is 0 Å². The third kappa shape index (κ3) is 23.0. The van der Waals surface area contributed by atoms with Gasteiger partial charge in [0.2, 0.25) is 0 Å². The van der Waals surface area contributed by atoms with Gasteiger partial charge in [0, 0.05) is 12.8 Å². The predicted molar refractivity (Wildman–Crippen MR) is 86.6 cm³/mol. The minimum absolute atomic E-state index is 0. The lowest BCUT2D eigenvalue weighted by atomic mass is 10.2. The highest BCUT2D eigenvalue weighted by Gasteiger charge is 2.04. The predicted octanol–water partition coefficient (Wildman–Crippen LogP) is 0.541. The van der Waals surface area contributed by atoms with Crippen molar-refractivity contribution in [2.24, 2.45) is 0 Å². The second-order valence-corrected chi connectivity index (χ2v) is 4.38. The van der Waals surface area contributed by atoms with E-state index in [0.717, 1.165) is 0 Å². The minimum Gasteiger partial charge on any atom is -0.481 e. The number of aliphatic carboxylic acids is 1. The highest BCUT2D eigenvalue weighted by Crippen LogP contribution is 2.01. The molecule has 0 atom stereocenters. The molecule has 0 aliphatic rings. The number of unbranched alkanes of at least 4 members (excludes halogenated alkanes) is 1. The summed E-state index contributed by atoms with van der Waals surface area (Å²) >= 11 is 0. The molecule has 0 aromatic heterocycles. The van der Waals surface area contributed by atoms with Crippen LogP contribution >= 0.6 is 0 Å². The Balaban J connectivity index is -0.00000220. The molecule has 0 amide bonds. The van der Waals surface area contributed by atoms with E-state index in [-0.39, 0.29) is 44.3 Å². The maximum absolute atomic E-state index is 11.3. The van der Waals surface area contributed by atoms with E-state index in [4.69, 9.17) is 29.2 Å². The number of carboxylic acid groups (broad SMARTS) is 1.